The van der Waals surface area contributed by atoms with Crippen LogP contribution in [-0.4, -0.2) is 59.0 Å². The van der Waals surface area contributed by atoms with Crippen LogP contribution in [0, 0.1) is 17.5 Å². The molecular weight excluding hydrogens is 489 g/mol. The Bertz CT molecular complexity index is 1130. The number of hydrogen-bond acceptors (Lipinski definition) is 7. The van der Waals surface area contributed by atoms with Gasteiger partial charge in [0.15, 0.2) is 17.5 Å². The zero-order valence-corrected chi connectivity index (χ0v) is 19.8. The van der Waals surface area contributed by atoms with E-state index < -0.39 is 23.4 Å². The monoisotopic (exact) mass is 510 g/mol. The molecule has 2 aromatic heterocycles. The minimum absolute atomic E-state index is 0. The molecule has 12 heteroatoms. The molecule has 3 aromatic rings. The minimum Gasteiger partial charge on any atom is -0.338 e. The summed E-state index contributed by atoms with van der Waals surface area (Å²) in [4.78, 5) is 30.2. The van der Waals surface area contributed by atoms with Gasteiger partial charge in [0.2, 0.25) is 5.95 Å². The highest BCUT2D eigenvalue weighted by Gasteiger charge is 2.26. The molecule has 0 radical (unpaired) electrons. The fraction of sp³-hybridized carbons (Fsp3) is 0.273. The molecule has 1 aromatic carbocycles. The number of rotatable bonds is 6. The number of amides is 1. The van der Waals surface area contributed by atoms with Gasteiger partial charge in [0.1, 0.15) is 0 Å². The summed E-state index contributed by atoms with van der Waals surface area (Å²) >= 11 is 0.925. The lowest BCUT2D eigenvalue weighted by atomic mass is 10.2. The second-order valence-electron chi connectivity index (χ2n) is 7.45. The summed E-state index contributed by atoms with van der Waals surface area (Å²) in [5.41, 5.74) is 0.395. The largest absolute Gasteiger partial charge is 0.338 e. The van der Waals surface area contributed by atoms with Gasteiger partial charge in [-0.3, -0.25) is 9.78 Å². The van der Waals surface area contributed by atoms with Gasteiger partial charge in [0.25, 0.3) is 5.91 Å². The average molecular weight is 511 g/mol. The van der Waals surface area contributed by atoms with Gasteiger partial charge in [0, 0.05) is 44.8 Å². The zero-order valence-electron chi connectivity index (χ0n) is 18.2. The lowest BCUT2D eigenvalue weighted by Gasteiger charge is -2.32. The minimum atomic E-state index is -1.64. The number of halogens is 4. The maximum absolute atomic E-state index is 14.6. The van der Waals surface area contributed by atoms with Crippen LogP contribution in [-0.2, 0) is 5.75 Å². The Morgan fingerprint density at radius 2 is 1.82 bits per heavy atom. The Hall–Kier alpha value is -2.89. The maximum Gasteiger partial charge on any atom is 0.270 e. The number of pyridine rings is 1. The van der Waals surface area contributed by atoms with Gasteiger partial charge >= 0.3 is 0 Å². The summed E-state index contributed by atoms with van der Waals surface area (Å²) < 4.78 is 43.0. The lowest BCUT2D eigenvalue weighted by Crippen LogP contribution is -2.45. The first-order valence-corrected chi connectivity index (χ1v) is 11.1. The van der Waals surface area contributed by atoms with Crippen molar-refractivity contribution in [1.82, 2.24) is 19.9 Å². The molecule has 1 aliphatic rings. The molecule has 0 unspecified atom stereocenters. The van der Waals surface area contributed by atoms with Crippen molar-refractivity contribution in [3.8, 4) is 0 Å². The molecule has 1 aliphatic heterocycles. The van der Waals surface area contributed by atoms with Gasteiger partial charge in [-0.1, -0.05) is 0 Å². The number of nitrogens with zero attached hydrogens (tertiary/aromatic N) is 6. The van der Waals surface area contributed by atoms with Crippen molar-refractivity contribution in [1.29, 1.82) is 0 Å². The number of carbonyl (C=O) groups is 1. The van der Waals surface area contributed by atoms with Crippen molar-refractivity contribution in [2.24, 2.45) is 0 Å². The van der Waals surface area contributed by atoms with Crippen LogP contribution in [0.3, 0.4) is 0 Å². The van der Waals surface area contributed by atoms with E-state index in [1.165, 1.54) is 18.5 Å². The Morgan fingerprint density at radius 1 is 1.06 bits per heavy atom. The smallest absolute Gasteiger partial charge is 0.270 e. The molecule has 7 nitrogen and oxygen atoms in total. The van der Waals surface area contributed by atoms with E-state index in [0.717, 1.165) is 54.6 Å². The van der Waals surface area contributed by atoms with Crippen molar-refractivity contribution in [3.05, 3.63) is 77.6 Å². The van der Waals surface area contributed by atoms with Crippen LogP contribution >= 0.6 is 24.4 Å². The van der Waals surface area contributed by atoms with E-state index in [-0.39, 0.29) is 29.4 Å². The number of likely N-dealkylation sites (N-methyl/N-ethyl adjacent to an activating group) is 1. The number of carbonyl (C=O) groups excluding carboxylic acids is 1. The predicted molar refractivity (Wildman–Crippen MR) is 128 cm³/mol. The molecule has 0 N–H and O–H groups in total. The van der Waals surface area contributed by atoms with Crippen molar-refractivity contribution >= 4 is 41.9 Å². The summed E-state index contributed by atoms with van der Waals surface area (Å²) in [5.74, 6) is -4.29. The highest BCUT2D eigenvalue weighted by molar-refractivity contribution is 8.00. The van der Waals surface area contributed by atoms with Crippen LogP contribution < -0.4 is 9.21 Å². The second-order valence-corrected chi connectivity index (χ2v) is 8.36. The highest BCUT2D eigenvalue weighted by Crippen LogP contribution is 2.31. The molecule has 0 spiro atoms. The second kappa shape index (κ2) is 11.5. The third-order valence-corrected chi connectivity index (χ3v) is 6.20. The average Bonchev–Trinajstić information content (AvgIpc) is 2.85. The molecule has 180 valence electrons. The first-order chi connectivity index (χ1) is 15.9. The summed E-state index contributed by atoms with van der Waals surface area (Å²) in [7, 11) is 2.05. The van der Waals surface area contributed by atoms with Gasteiger partial charge < -0.3 is 9.80 Å². The number of aromatic nitrogens is 3. The quantitative estimate of drug-likeness (QED) is 0.367. The van der Waals surface area contributed by atoms with Crippen LogP contribution in [0.25, 0.3) is 0 Å². The van der Waals surface area contributed by atoms with Gasteiger partial charge in [-0.25, -0.2) is 27.4 Å². The summed E-state index contributed by atoms with van der Waals surface area (Å²) in [6.07, 6.45) is 4.44. The van der Waals surface area contributed by atoms with E-state index >= 15 is 0 Å². The van der Waals surface area contributed by atoms with Crippen LogP contribution in [0.5, 0.6) is 0 Å². The normalized spacial score (nSPS) is 13.9. The number of benzene rings is 1. The summed E-state index contributed by atoms with van der Waals surface area (Å²) in [5, 5.41) is 0. The number of piperazine rings is 1. The predicted octanol–water partition coefficient (Wildman–Crippen LogP) is 3.96. The van der Waals surface area contributed by atoms with E-state index in [0.29, 0.717) is 11.6 Å². The third-order valence-electron chi connectivity index (χ3n) is 5.15. The maximum atomic E-state index is 14.6. The van der Waals surface area contributed by atoms with Crippen molar-refractivity contribution in [3.63, 3.8) is 0 Å². The van der Waals surface area contributed by atoms with E-state index in [1.807, 2.05) is 0 Å². The molecule has 1 saturated heterocycles. The molecule has 0 bridgehead atoms. The lowest BCUT2D eigenvalue weighted by molar-refractivity contribution is 0.101. The highest BCUT2D eigenvalue weighted by atomic mass is 35.5. The first-order valence-electron chi connectivity index (χ1n) is 10.2. The zero-order chi connectivity index (χ0) is 23.4. The van der Waals surface area contributed by atoms with Gasteiger partial charge in [-0.05, 0) is 49.3 Å². The first kappa shape index (κ1) is 25.7. The standard InChI is InChI=1S/C22H21F3N6OS.ClH/c1-29-9-11-30(12-10-29)22-27-8-6-16(28-22)14-33-31(21(32)15-3-2-7-26-13-15)18-5-4-17(23)19(24)20(18)25;/h2-8,13H,9-12,14H2,1H3;1H. The van der Waals surface area contributed by atoms with Crippen LogP contribution in [0.2, 0.25) is 0 Å². The van der Waals surface area contributed by atoms with Crippen LogP contribution in [0.4, 0.5) is 24.8 Å². The fourth-order valence-electron chi connectivity index (χ4n) is 3.27. The fourth-order valence-corrected chi connectivity index (χ4v) is 4.20. The van der Waals surface area contributed by atoms with Crippen LogP contribution in [0.1, 0.15) is 16.1 Å². The molecule has 1 amide bonds. The molecular formula is C22H22ClF3N6OS. The Labute approximate surface area is 205 Å². The third kappa shape index (κ3) is 5.78. The topological polar surface area (TPSA) is 65.5 Å². The summed E-state index contributed by atoms with van der Waals surface area (Å²) in [6, 6.07) is 6.58. The molecule has 0 saturated carbocycles. The van der Waals surface area contributed by atoms with Gasteiger partial charge in [0.05, 0.1) is 22.7 Å². The molecule has 0 atom stereocenters. The van der Waals surface area contributed by atoms with Crippen molar-refractivity contribution in [2.75, 3.05) is 42.4 Å². The van der Waals surface area contributed by atoms with Gasteiger partial charge in [-0.2, -0.15) is 0 Å². The molecule has 0 aliphatic carbocycles. The van der Waals surface area contributed by atoms with Gasteiger partial charge in [-0.15, -0.1) is 12.4 Å². The number of hydrogen-bond donors (Lipinski definition) is 0. The van der Waals surface area contributed by atoms with E-state index in [4.69, 9.17) is 0 Å². The van der Waals surface area contributed by atoms with Crippen molar-refractivity contribution < 1.29 is 18.0 Å². The van der Waals surface area contributed by atoms with E-state index in [1.54, 1.807) is 18.3 Å². The van der Waals surface area contributed by atoms with Crippen LogP contribution in [0.15, 0.2) is 48.9 Å². The molecule has 1 fully saturated rings. The van der Waals surface area contributed by atoms with Crippen molar-refractivity contribution in [2.45, 2.75) is 5.75 Å². The number of anilines is 2. The summed E-state index contributed by atoms with van der Waals surface area (Å²) in [6.45, 7) is 3.37. The Balaban J connectivity index is 0.00000324. The Morgan fingerprint density at radius 3 is 2.53 bits per heavy atom. The van der Waals surface area contributed by atoms with E-state index in [9.17, 15) is 18.0 Å². The molecule has 34 heavy (non-hydrogen) atoms. The molecule has 4 rings (SSSR count). The SMILES string of the molecule is CN1CCN(c2nccc(CSN(C(=O)c3cccnc3)c3ccc(F)c(F)c3F)n2)CC1.Cl. The van der Waals surface area contributed by atoms with E-state index in [2.05, 4.69) is 31.8 Å². The Kier molecular flexibility index (Phi) is 8.70. The molecule has 3 heterocycles.